The Labute approximate surface area is 124 Å². The third kappa shape index (κ3) is 2.83. The van der Waals surface area contributed by atoms with Crippen LogP contribution in [0.2, 0.25) is 0 Å². The predicted molar refractivity (Wildman–Crippen MR) is 82.9 cm³/mol. The summed E-state index contributed by atoms with van der Waals surface area (Å²) in [7, 11) is 3.27. The maximum Gasteiger partial charge on any atom is 0.163 e. The number of nitrogens with two attached hydrogens (primary N) is 1. The van der Waals surface area contributed by atoms with Crippen molar-refractivity contribution < 1.29 is 9.47 Å². The number of imidazole rings is 1. The quantitative estimate of drug-likeness (QED) is 0.907. The van der Waals surface area contributed by atoms with Gasteiger partial charge in [0, 0.05) is 24.1 Å². The standard InChI is InChI=1S/C16H23N3O2/c1-20-13-8-11-12(9-14(13)21-2)19-15(18-11)10-16(17)6-4-3-5-7-16/h8-9H,3-7,10,17H2,1-2H3,(H,18,19). The number of aromatic nitrogens is 2. The molecular weight excluding hydrogens is 266 g/mol. The zero-order valence-electron chi connectivity index (χ0n) is 12.7. The minimum Gasteiger partial charge on any atom is -0.493 e. The van der Waals surface area contributed by atoms with Crippen LogP contribution in [0.5, 0.6) is 11.5 Å². The van der Waals surface area contributed by atoms with Crippen LogP contribution in [0.15, 0.2) is 12.1 Å². The minimum absolute atomic E-state index is 0.111. The number of rotatable bonds is 4. The number of hydrogen-bond donors (Lipinski definition) is 2. The fourth-order valence-electron chi connectivity index (χ4n) is 3.24. The molecule has 0 radical (unpaired) electrons. The average molecular weight is 289 g/mol. The zero-order chi connectivity index (χ0) is 14.9. The Morgan fingerprint density at radius 1 is 1.14 bits per heavy atom. The van der Waals surface area contributed by atoms with Gasteiger partial charge in [0.1, 0.15) is 5.82 Å². The third-order valence-corrected chi connectivity index (χ3v) is 4.41. The van der Waals surface area contributed by atoms with Gasteiger partial charge >= 0.3 is 0 Å². The highest BCUT2D eigenvalue weighted by atomic mass is 16.5. The molecule has 1 saturated carbocycles. The Bertz CT molecular complexity index is 589. The lowest BCUT2D eigenvalue weighted by Crippen LogP contribution is -2.44. The van der Waals surface area contributed by atoms with Gasteiger partial charge in [-0.15, -0.1) is 0 Å². The highest BCUT2D eigenvalue weighted by molar-refractivity contribution is 5.79. The first kappa shape index (κ1) is 14.2. The minimum atomic E-state index is -0.111. The van der Waals surface area contributed by atoms with Gasteiger partial charge in [0.05, 0.1) is 25.3 Å². The summed E-state index contributed by atoms with van der Waals surface area (Å²) in [5.74, 6) is 2.35. The van der Waals surface area contributed by atoms with Gasteiger partial charge in [0.25, 0.3) is 0 Å². The number of H-pyrrole nitrogens is 1. The number of nitrogens with zero attached hydrogens (tertiary/aromatic N) is 1. The normalized spacial score (nSPS) is 17.9. The molecule has 1 heterocycles. The van der Waals surface area contributed by atoms with Crippen LogP contribution in [0.1, 0.15) is 37.9 Å². The molecule has 1 aliphatic rings. The van der Waals surface area contributed by atoms with Gasteiger partial charge in [0.15, 0.2) is 11.5 Å². The molecule has 114 valence electrons. The van der Waals surface area contributed by atoms with Gasteiger partial charge in [-0.25, -0.2) is 4.98 Å². The van der Waals surface area contributed by atoms with Crippen molar-refractivity contribution in [3.05, 3.63) is 18.0 Å². The highest BCUT2D eigenvalue weighted by Gasteiger charge is 2.28. The second-order valence-electron chi connectivity index (χ2n) is 6.01. The van der Waals surface area contributed by atoms with Crippen LogP contribution in [-0.2, 0) is 6.42 Å². The van der Waals surface area contributed by atoms with Crippen LogP contribution in [0.3, 0.4) is 0 Å². The average Bonchev–Trinajstić information content (AvgIpc) is 2.86. The fourth-order valence-corrected chi connectivity index (χ4v) is 3.24. The second-order valence-corrected chi connectivity index (χ2v) is 6.01. The molecule has 0 saturated heterocycles. The van der Waals surface area contributed by atoms with E-state index in [4.69, 9.17) is 15.2 Å². The smallest absolute Gasteiger partial charge is 0.163 e. The van der Waals surface area contributed by atoms with Gasteiger partial charge in [-0.1, -0.05) is 19.3 Å². The summed E-state index contributed by atoms with van der Waals surface area (Å²) in [4.78, 5) is 8.03. The van der Waals surface area contributed by atoms with Gasteiger partial charge < -0.3 is 20.2 Å². The molecule has 0 bridgehead atoms. The van der Waals surface area contributed by atoms with E-state index in [1.54, 1.807) is 14.2 Å². The van der Waals surface area contributed by atoms with Crippen molar-refractivity contribution in [3.8, 4) is 11.5 Å². The summed E-state index contributed by atoms with van der Waals surface area (Å²) >= 11 is 0. The van der Waals surface area contributed by atoms with E-state index in [0.717, 1.165) is 36.1 Å². The molecule has 2 aromatic rings. The van der Waals surface area contributed by atoms with Crippen molar-refractivity contribution in [1.29, 1.82) is 0 Å². The number of hydrogen-bond acceptors (Lipinski definition) is 4. The molecule has 0 unspecified atom stereocenters. The lowest BCUT2D eigenvalue weighted by atomic mass is 9.80. The van der Waals surface area contributed by atoms with E-state index >= 15 is 0 Å². The second kappa shape index (κ2) is 5.56. The number of benzene rings is 1. The van der Waals surface area contributed by atoms with E-state index in [1.807, 2.05) is 12.1 Å². The molecule has 1 aromatic carbocycles. The lowest BCUT2D eigenvalue weighted by molar-refractivity contribution is 0.290. The molecule has 0 amide bonds. The summed E-state index contributed by atoms with van der Waals surface area (Å²) in [6, 6.07) is 3.83. The summed E-state index contributed by atoms with van der Waals surface area (Å²) < 4.78 is 10.6. The van der Waals surface area contributed by atoms with Crippen molar-refractivity contribution in [2.24, 2.45) is 5.73 Å². The first-order valence-electron chi connectivity index (χ1n) is 7.53. The van der Waals surface area contributed by atoms with Gasteiger partial charge in [0.2, 0.25) is 0 Å². The molecule has 5 nitrogen and oxygen atoms in total. The van der Waals surface area contributed by atoms with E-state index < -0.39 is 0 Å². The zero-order valence-corrected chi connectivity index (χ0v) is 12.7. The molecule has 3 rings (SSSR count). The van der Waals surface area contributed by atoms with E-state index in [9.17, 15) is 0 Å². The highest BCUT2D eigenvalue weighted by Crippen LogP contribution is 2.33. The van der Waals surface area contributed by atoms with Crippen LogP contribution in [0, 0.1) is 0 Å². The fraction of sp³-hybridized carbons (Fsp3) is 0.562. The Kier molecular flexibility index (Phi) is 3.76. The van der Waals surface area contributed by atoms with Crippen molar-refractivity contribution in [1.82, 2.24) is 9.97 Å². The van der Waals surface area contributed by atoms with E-state index in [0.29, 0.717) is 11.5 Å². The molecule has 1 aliphatic carbocycles. The Morgan fingerprint density at radius 3 is 2.48 bits per heavy atom. The molecule has 1 aromatic heterocycles. The van der Waals surface area contributed by atoms with Crippen LogP contribution in [0.25, 0.3) is 11.0 Å². The largest absolute Gasteiger partial charge is 0.493 e. The van der Waals surface area contributed by atoms with Gasteiger partial charge in [-0.05, 0) is 12.8 Å². The van der Waals surface area contributed by atoms with Crippen LogP contribution in [0.4, 0.5) is 0 Å². The van der Waals surface area contributed by atoms with Crippen molar-refractivity contribution in [3.63, 3.8) is 0 Å². The Hall–Kier alpha value is -1.75. The monoisotopic (exact) mass is 289 g/mol. The number of nitrogens with one attached hydrogen (secondary N) is 1. The van der Waals surface area contributed by atoms with E-state index in [-0.39, 0.29) is 5.54 Å². The van der Waals surface area contributed by atoms with Crippen molar-refractivity contribution in [2.45, 2.75) is 44.1 Å². The Balaban J connectivity index is 1.90. The van der Waals surface area contributed by atoms with Crippen molar-refractivity contribution in [2.75, 3.05) is 14.2 Å². The molecule has 3 N–H and O–H groups in total. The molecule has 0 aliphatic heterocycles. The maximum absolute atomic E-state index is 6.52. The summed E-state index contributed by atoms with van der Waals surface area (Å²) in [6.45, 7) is 0. The van der Waals surface area contributed by atoms with Crippen LogP contribution >= 0.6 is 0 Å². The van der Waals surface area contributed by atoms with Gasteiger partial charge in [-0.2, -0.15) is 0 Å². The van der Waals surface area contributed by atoms with E-state index in [1.165, 1.54) is 19.3 Å². The van der Waals surface area contributed by atoms with Crippen molar-refractivity contribution >= 4 is 11.0 Å². The molecule has 0 spiro atoms. The maximum atomic E-state index is 6.52. The molecular formula is C16H23N3O2. The summed E-state index contributed by atoms with van der Waals surface area (Å²) in [6.07, 6.45) is 6.70. The molecule has 0 atom stereocenters. The van der Waals surface area contributed by atoms with Gasteiger partial charge in [-0.3, -0.25) is 0 Å². The SMILES string of the molecule is COc1cc2nc(CC3(N)CCCCC3)[nH]c2cc1OC. The number of ether oxygens (including phenoxy) is 2. The van der Waals surface area contributed by atoms with Crippen LogP contribution in [-0.4, -0.2) is 29.7 Å². The summed E-state index contributed by atoms with van der Waals surface area (Å²) in [5, 5.41) is 0. The lowest BCUT2D eigenvalue weighted by Gasteiger charge is -2.32. The first-order valence-corrected chi connectivity index (χ1v) is 7.53. The topological polar surface area (TPSA) is 73.2 Å². The molecule has 1 fully saturated rings. The third-order valence-electron chi connectivity index (χ3n) is 4.41. The van der Waals surface area contributed by atoms with E-state index in [2.05, 4.69) is 9.97 Å². The van der Waals surface area contributed by atoms with Crippen LogP contribution < -0.4 is 15.2 Å². The summed E-state index contributed by atoms with van der Waals surface area (Å²) in [5.41, 5.74) is 8.26. The Morgan fingerprint density at radius 2 is 1.81 bits per heavy atom. The molecule has 5 heteroatoms. The number of methoxy groups -OCH3 is 2. The molecule has 21 heavy (non-hydrogen) atoms. The predicted octanol–water partition coefficient (Wildman–Crippen LogP) is 2.78. The number of aromatic amines is 1. The first-order chi connectivity index (χ1) is 10.1. The number of fused-ring (bicyclic) bond motifs is 1.